The van der Waals surface area contributed by atoms with E-state index in [9.17, 15) is 14.7 Å². The van der Waals surface area contributed by atoms with Crippen molar-refractivity contribution in [1.29, 1.82) is 5.26 Å². The van der Waals surface area contributed by atoms with Crippen LogP contribution in [-0.2, 0) is 16.0 Å². The maximum Gasteiger partial charge on any atom is 0.408 e. The van der Waals surface area contributed by atoms with Crippen molar-refractivity contribution in [2.45, 2.75) is 38.8 Å². The second-order valence-electron chi connectivity index (χ2n) is 7.06. The third-order valence-corrected chi connectivity index (χ3v) is 5.22. The van der Waals surface area contributed by atoms with E-state index in [1.165, 1.54) is 28.9 Å². The van der Waals surface area contributed by atoms with Crippen LogP contribution in [-0.4, -0.2) is 43.8 Å². The summed E-state index contributed by atoms with van der Waals surface area (Å²) in [5.74, 6) is -0.957. The highest BCUT2D eigenvalue weighted by molar-refractivity contribution is 7.13. The van der Waals surface area contributed by atoms with Gasteiger partial charge in [-0.3, -0.25) is 0 Å². The molecule has 0 bridgehead atoms. The highest BCUT2D eigenvalue weighted by Gasteiger charge is 2.25. The van der Waals surface area contributed by atoms with E-state index in [4.69, 9.17) is 14.4 Å². The van der Waals surface area contributed by atoms with Crippen molar-refractivity contribution < 1.29 is 23.8 Å². The number of nitrogens with one attached hydrogen (secondary N) is 1. The largest absolute Gasteiger partial charge is 0.480 e. The van der Waals surface area contributed by atoms with Gasteiger partial charge >= 0.3 is 12.1 Å². The van der Waals surface area contributed by atoms with Crippen molar-refractivity contribution in [2.24, 2.45) is 0 Å². The summed E-state index contributed by atoms with van der Waals surface area (Å²) < 4.78 is 10.5. The first-order valence-corrected chi connectivity index (χ1v) is 10.4. The monoisotopic (exact) mass is 447 g/mol. The maximum atomic E-state index is 11.9. The molecule has 0 radical (unpaired) electrons. The predicted octanol–water partition coefficient (Wildman–Crippen LogP) is 3.31. The molecule has 3 heterocycles. The average Bonchev–Trinajstić information content (AvgIpc) is 3.38. The molecule has 0 aliphatic carbocycles. The zero-order valence-electron chi connectivity index (χ0n) is 16.2. The van der Waals surface area contributed by atoms with Crippen molar-refractivity contribution in [3.63, 3.8) is 0 Å². The number of aromatic nitrogens is 3. The van der Waals surface area contributed by atoms with Gasteiger partial charge in [0.15, 0.2) is 5.69 Å². The molecule has 0 saturated carbocycles. The van der Waals surface area contributed by atoms with Crippen LogP contribution in [0.1, 0.15) is 31.5 Å². The molecule has 0 spiro atoms. The topological polar surface area (TPSA) is 151 Å². The number of carboxylic acid groups (broad SMARTS) is 1. The molecule has 0 aliphatic rings. The third kappa shape index (κ3) is 5.40. The van der Waals surface area contributed by atoms with E-state index in [1.54, 1.807) is 31.5 Å². The Kier molecular flexibility index (Phi) is 6.14. The van der Waals surface area contributed by atoms with Gasteiger partial charge in [0.2, 0.25) is 5.89 Å². The second-order valence-corrected chi connectivity index (χ2v) is 8.86. The molecule has 3 aromatic rings. The number of nitriles is 1. The minimum absolute atomic E-state index is 0.0230. The first-order chi connectivity index (χ1) is 14.1. The third-order valence-electron chi connectivity index (χ3n) is 3.48. The number of ether oxygens (including phenoxy) is 1. The zero-order chi connectivity index (χ0) is 21.9. The van der Waals surface area contributed by atoms with E-state index in [1.807, 2.05) is 6.07 Å². The van der Waals surface area contributed by atoms with Gasteiger partial charge in [-0.15, -0.1) is 22.7 Å². The first kappa shape index (κ1) is 21.4. The number of hydrogen-bond donors (Lipinski definition) is 2. The van der Waals surface area contributed by atoms with Gasteiger partial charge in [-0.05, 0) is 20.8 Å². The fourth-order valence-corrected chi connectivity index (χ4v) is 3.77. The Morgan fingerprint density at radius 3 is 2.67 bits per heavy atom. The summed E-state index contributed by atoms with van der Waals surface area (Å²) in [6, 6.07) is 0.760. The Balaban J connectivity index is 1.70. The number of aliphatic carboxylic acids is 1. The number of nitrogens with zero attached hydrogens (tertiary/aromatic N) is 4. The number of rotatable bonds is 6. The summed E-state index contributed by atoms with van der Waals surface area (Å²) in [6.07, 6.45) is 0.577. The van der Waals surface area contributed by atoms with Crippen molar-refractivity contribution in [3.8, 4) is 28.4 Å². The Labute approximate surface area is 179 Å². The lowest BCUT2D eigenvalue weighted by atomic mass is 10.2. The highest BCUT2D eigenvalue weighted by Crippen LogP contribution is 2.28. The van der Waals surface area contributed by atoms with Crippen LogP contribution in [0.25, 0.3) is 22.3 Å². The Morgan fingerprint density at radius 2 is 2.03 bits per heavy atom. The molecule has 12 heteroatoms. The van der Waals surface area contributed by atoms with Crippen LogP contribution in [0.5, 0.6) is 0 Å². The van der Waals surface area contributed by atoms with Crippen LogP contribution in [0.15, 0.2) is 21.4 Å². The van der Waals surface area contributed by atoms with Crippen LogP contribution in [0.2, 0.25) is 0 Å². The number of thiazole rings is 2. The Bertz CT molecular complexity index is 1100. The number of hydrogen-bond acceptors (Lipinski definition) is 10. The molecule has 2 N–H and O–H groups in total. The predicted molar refractivity (Wildman–Crippen MR) is 108 cm³/mol. The summed E-state index contributed by atoms with van der Waals surface area (Å²) in [6.45, 7) is 5.06. The number of oxazole rings is 1. The summed E-state index contributed by atoms with van der Waals surface area (Å²) >= 11 is 2.49. The van der Waals surface area contributed by atoms with E-state index in [-0.39, 0.29) is 12.3 Å². The van der Waals surface area contributed by atoms with E-state index in [2.05, 4.69) is 20.3 Å². The fraction of sp³-hybridized carbons (Fsp3) is 0.333. The molecule has 156 valence electrons. The minimum Gasteiger partial charge on any atom is -0.480 e. The normalized spacial score (nSPS) is 12.2. The molecule has 0 fully saturated rings. The molecule has 1 amide bonds. The number of alkyl carbamates (subject to hydrolysis) is 1. The minimum atomic E-state index is -1.20. The maximum absolute atomic E-state index is 11.9. The van der Waals surface area contributed by atoms with E-state index in [0.717, 1.165) is 0 Å². The second kappa shape index (κ2) is 8.60. The van der Waals surface area contributed by atoms with Crippen molar-refractivity contribution in [2.75, 3.05) is 0 Å². The number of carboxylic acids is 1. The van der Waals surface area contributed by atoms with Crippen LogP contribution < -0.4 is 5.32 Å². The fourth-order valence-electron chi connectivity index (χ4n) is 2.26. The van der Waals surface area contributed by atoms with Gasteiger partial charge < -0.3 is 19.6 Å². The lowest BCUT2D eigenvalue weighted by Gasteiger charge is -2.21. The van der Waals surface area contributed by atoms with E-state index in [0.29, 0.717) is 27.1 Å². The Hall–Kier alpha value is -3.30. The lowest BCUT2D eigenvalue weighted by Crippen LogP contribution is -2.44. The molecular formula is C18H17N5O5S2. The molecule has 1 atom stereocenters. The first-order valence-electron chi connectivity index (χ1n) is 8.63. The van der Waals surface area contributed by atoms with Crippen LogP contribution in [0, 0.1) is 11.3 Å². The molecule has 0 unspecified atom stereocenters. The SMILES string of the molecule is CC(C)(C)OC(=O)N[C@@H](Cc1nc(-c2nc(-c3nc(C#N)cs3)co2)cs1)C(=O)O. The van der Waals surface area contributed by atoms with Crippen molar-refractivity contribution >= 4 is 34.7 Å². The van der Waals surface area contributed by atoms with Gasteiger partial charge in [-0.25, -0.2) is 24.5 Å². The van der Waals surface area contributed by atoms with Gasteiger partial charge in [0.1, 0.15) is 40.4 Å². The average molecular weight is 447 g/mol. The molecule has 0 aromatic carbocycles. The van der Waals surface area contributed by atoms with Gasteiger partial charge in [0.25, 0.3) is 0 Å². The van der Waals surface area contributed by atoms with Gasteiger partial charge in [0.05, 0.1) is 5.01 Å². The molecule has 0 aliphatic heterocycles. The van der Waals surface area contributed by atoms with E-state index >= 15 is 0 Å². The molecule has 3 rings (SSSR count). The van der Waals surface area contributed by atoms with E-state index < -0.39 is 23.7 Å². The molecule has 30 heavy (non-hydrogen) atoms. The summed E-state index contributed by atoms with van der Waals surface area (Å²) in [5.41, 5.74) is 0.462. The quantitative estimate of drug-likeness (QED) is 0.579. The molecule has 10 nitrogen and oxygen atoms in total. The van der Waals surface area contributed by atoms with Crippen LogP contribution >= 0.6 is 22.7 Å². The standard InChI is InChI=1S/C18H17N5O5S2/c1-18(2,3)28-17(26)23-10(16(24)25)4-13-21-12(8-29-13)14-22-11(6-27-14)15-20-9(5-19)7-30-15/h6-8,10H,4H2,1-3H3,(H,23,26)(H,24,25)/t10-/m0/s1. The summed E-state index contributed by atoms with van der Waals surface area (Å²) in [4.78, 5) is 36.2. The van der Waals surface area contributed by atoms with Crippen molar-refractivity contribution in [1.82, 2.24) is 20.3 Å². The van der Waals surface area contributed by atoms with Crippen molar-refractivity contribution in [3.05, 3.63) is 27.7 Å². The highest BCUT2D eigenvalue weighted by atomic mass is 32.1. The molecular weight excluding hydrogens is 430 g/mol. The zero-order valence-corrected chi connectivity index (χ0v) is 17.8. The molecule has 3 aromatic heterocycles. The van der Waals surface area contributed by atoms with Crippen LogP contribution in [0.4, 0.5) is 4.79 Å². The molecule has 0 saturated heterocycles. The lowest BCUT2D eigenvalue weighted by molar-refractivity contribution is -0.139. The number of amides is 1. The Morgan fingerprint density at radius 1 is 1.27 bits per heavy atom. The smallest absolute Gasteiger partial charge is 0.408 e. The summed E-state index contributed by atoms with van der Waals surface area (Å²) in [5, 5.41) is 24.9. The van der Waals surface area contributed by atoms with Gasteiger partial charge in [-0.1, -0.05) is 0 Å². The number of carbonyl (C=O) groups is 2. The summed E-state index contributed by atoms with van der Waals surface area (Å²) in [7, 11) is 0. The van der Waals surface area contributed by atoms with Gasteiger partial charge in [0, 0.05) is 17.2 Å². The van der Waals surface area contributed by atoms with Crippen LogP contribution in [0.3, 0.4) is 0 Å². The van der Waals surface area contributed by atoms with Gasteiger partial charge in [-0.2, -0.15) is 5.26 Å². The number of carbonyl (C=O) groups excluding carboxylic acids is 1.